The maximum atomic E-state index is 4.29. The summed E-state index contributed by atoms with van der Waals surface area (Å²) in [6.07, 6.45) is 5.93. The number of pyridine rings is 1. The minimum Gasteiger partial charge on any atom is -0.306 e. The highest BCUT2D eigenvalue weighted by atomic mass is 15.3. The first kappa shape index (κ1) is 12.8. The lowest BCUT2D eigenvalue weighted by molar-refractivity contribution is 0.572. The van der Waals surface area contributed by atoms with E-state index in [0.717, 1.165) is 18.8 Å². The van der Waals surface area contributed by atoms with Crippen LogP contribution in [0.5, 0.6) is 0 Å². The third-order valence-corrected chi connectivity index (χ3v) is 3.06. The molecular weight excluding hydrogens is 224 g/mol. The molecule has 0 amide bonds. The minimum atomic E-state index is 0.298. The molecule has 0 radical (unpaired) electrons. The van der Waals surface area contributed by atoms with Crippen molar-refractivity contribution in [3.05, 3.63) is 47.5 Å². The van der Waals surface area contributed by atoms with Gasteiger partial charge in [0.25, 0.3) is 0 Å². The Morgan fingerprint density at radius 3 is 2.78 bits per heavy atom. The Kier molecular flexibility index (Phi) is 4.10. The van der Waals surface area contributed by atoms with Crippen LogP contribution < -0.4 is 5.32 Å². The van der Waals surface area contributed by atoms with Crippen molar-refractivity contribution in [3.8, 4) is 0 Å². The SMILES string of the molecule is CCn1cc(C(C)NCc2ccc(C)nc2)cn1. The van der Waals surface area contributed by atoms with Gasteiger partial charge in [0.1, 0.15) is 0 Å². The Hall–Kier alpha value is -1.68. The largest absolute Gasteiger partial charge is 0.306 e. The molecule has 2 aromatic heterocycles. The Balaban J connectivity index is 1.91. The smallest absolute Gasteiger partial charge is 0.0537 e. The molecule has 1 unspecified atom stereocenters. The van der Waals surface area contributed by atoms with Gasteiger partial charge in [0.15, 0.2) is 0 Å². The van der Waals surface area contributed by atoms with E-state index < -0.39 is 0 Å². The molecule has 4 nitrogen and oxygen atoms in total. The Bertz CT molecular complexity index is 487. The average molecular weight is 244 g/mol. The van der Waals surface area contributed by atoms with Gasteiger partial charge in [0.05, 0.1) is 6.20 Å². The first-order chi connectivity index (χ1) is 8.69. The van der Waals surface area contributed by atoms with Gasteiger partial charge >= 0.3 is 0 Å². The van der Waals surface area contributed by atoms with Crippen LogP contribution in [0.2, 0.25) is 0 Å². The molecular formula is C14H20N4. The predicted octanol–water partition coefficient (Wildman–Crippen LogP) is 2.46. The Morgan fingerprint density at radius 2 is 2.17 bits per heavy atom. The Morgan fingerprint density at radius 1 is 1.33 bits per heavy atom. The van der Waals surface area contributed by atoms with Crippen molar-refractivity contribution in [2.45, 2.75) is 39.9 Å². The van der Waals surface area contributed by atoms with Gasteiger partial charge in [-0.3, -0.25) is 9.67 Å². The predicted molar refractivity (Wildman–Crippen MR) is 72.1 cm³/mol. The van der Waals surface area contributed by atoms with Gasteiger partial charge < -0.3 is 5.32 Å². The summed E-state index contributed by atoms with van der Waals surface area (Å²) in [6.45, 7) is 7.98. The molecule has 96 valence electrons. The molecule has 0 fully saturated rings. The van der Waals surface area contributed by atoms with Crippen LogP contribution in [0.4, 0.5) is 0 Å². The molecule has 0 aliphatic carbocycles. The summed E-state index contributed by atoms with van der Waals surface area (Å²) in [5.41, 5.74) is 3.48. The zero-order chi connectivity index (χ0) is 13.0. The van der Waals surface area contributed by atoms with Crippen LogP contribution in [0, 0.1) is 6.92 Å². The maximum absolute atomic E-state index is 4.29. The van der Waals surface area contributed by atoms with Gasteiger partial charge in [-0.1, -0.05) is 6.07 Å². The van der Waals surface area contributed by atoms with Gasteiger partial charge in [-0.15, -0.1) is 0 Å². The van der Waals surface area contributed by atoms with Gasteiger partial charge in [-0.2, -0.15) is 5.10 Å². The third kappa shape index (κ3) is 3.17. The molecule has 0 saturated heterocycles. The molecule has 2 heterocycles. The number of aromatic nitrogens is 3. The van der Waals surface area contributed by atoms with E-state index >= 15 is 0 Å². The molecule has 0 spiro atoms. The molecule has 0 aliphatic heterocycles. The van der Waals surface area contributed by atoms with Crippen LogP contribution in [0.25, 0.3) is 0 Å². The van der Waals surface area contributed by atoms with E-state index in [1.54, 1.807) is 0 Å². The van der Waals surface area contributed by atoms with E-state index in [1.807, 2.05) is 30.1 Å². The van der Waals surface area contributed by atoms with E-state index in [2.05, 4.69) is 41.5 Å². The van der Waals surface area contributed by atoms with Crippen molar-refractivity contribution in [1.82, 2.24) is 20.1 Å². The third-order valence-electron chi connectivity index (χ3n) is 3.06. The summed E-state index contributed by atoms with van der Waals surface area (Å²) < 4.78 is 1.95. The monoisotopic (exact) mass is 244 g/mol. The highest BCUT2D eigenvalue weighted by Gasteiger charge is 2.07. The van der Waals surface area contributed by atoms with Crippen LogP contribution in [0.3, 0.4) is 0 Å². The lowest BCUT2D eigenvalue weighted by Gasteiger charge is -2.11. The molecule has 0 saturated carbocycles. The van der Waals surface area contributed by atoms with E-state index in [-0.39, 0.29) is 0 Å². The summed E-state index contributed by atoms with van der Waals surface area (Å²) >= 11 is 0. The van der Waals surface area contributed by atoms with E-state index in [0.29, 0.717) is 6.04 Å². The Labute approximate surface area is 108 Å². The summed E-state index contributed by atoms with van der Waals surface area (Å²) in [6, 6.07) is 4.44. The second-order valence-corrected chi connectivity index (χ2v) is 4.54. The fraction of sp³-hybridized carbons (Fsp3) is 0.429. The van der Waals surface area contributed by atoms with Crippen LogP contribution in [-0.2, 0) is 13.1 Å². The van der Waals surface area contributed by atoms with Crippen molar-refractivity contribution < 1.29 is 0 Å². The molecule has 18 heavy (non-hydrogen) atoms. The molecule has 0 aromatic carbocycles. The molecule has 0 aliphatic rings. The number of aryl methyl sites for hydroxylation is 2. The van der Waals surface area contributed by atoms with Gasteiger partial charge in [0.2, 0.25) is 0 Å². The summed E-state index contributed by atoms with van der Waals surface area (Å²) in [7, 11) is 0. The van der Waals surface area contributed by atoms with Crippen molar-refractivity contribution in [2.24, 2.45) is 0 Å². The van der Waals surface area contributed by atoms with Crippen LogP contribution in [0.1, 0.15) is 36.7 Å². The standard InChI is InChI=1S/C14H20N4/c1-4-18-10-14(9-17-18)12(3)16-8-13-6-5-11(2)15-7-13/h5-7,9-10,12,16H,4,8H2,1-3H3. The maximum Gasteiger partial charge on any atom is 0.0537 e. The second-order valence-electron chi connectivity index (χ2n) is 4.54. The lowest BCUT2D eigenvalue weighted by Crippen LogP contribution is -2.17. The van der Waals surface area contributed by atoms with Crippen LogP contribution in [-0.4, -0.2) is 14.8 Å². The fourth-order valence-electron chi connectivity index (χ4n) is 1.77. The molecule has 1 N–H and O–H groups in total. The van der Waals surface area contributed by atoms with Crippen molar-refractivity contribution in [3.63, 3.8) is 0 Å². The summed E-state index contributed by atoms with van der Waals surface area (Å²) in [4.78, 5) is 4.29. The lowest BCUT2D eigenvalue weighted by atomic mass is 10.2. The van der Waals surface area contributed by atoms with Gasteiger partial charge in [0, 0.05) is 42.8 Å². The van der Waals surface area contributed by atoms with Gasteiger partial charge in [-0.05, 0) is 32.4 Å². The quantitative estimate of drug-likeness (QED) is 0.878. The van der Waals surface area contributed by atoms with Crippen molar-refractivity contribution in [1.29, 1.82) is 0 Å². The van der Waals surface area contributed by atoms with E-state index in [4.69, 9.17) is 0 Å². The molecule has 2 aromatic rings. The van der Waals surface area contributed by atoms with Crippen LogP contribution >= 0.6 is 0 Å². The topological polar surface area (TPSA) is 42.7 Å². The van der Waals surface area contributed by atoms with E-state index in [9.17, 15) is 0 Å². The number of nitrogens with zero attached hydrogens (tertiary/aromatic N) is 3. The number of rotatable bonds is 5. The average Bonchev–Trinajstić information content (AvgIpc) is 2.86. The second kappa shape index (κ2) is 5.78. The molecule has 2 rings (SSSR count). The summed E-state index contributed by atoms with van der Waals surface area (Å²) in [5.74, 6) is 0. The molecule has 1 atom stereocenters. The highest BCUT2D eigenvalue weighted by molar-refractivity contribution is 5.14. The zero-order valence-corrected chi connectivity index (χ0v) is 11.2. The number of nitrogens with one attached hydrogen (secondary N) is 1. The first-order valence-corrected chi connectivity index (χ1v) is 6.36. The fourth-order valence-corrected chi connectivity index (χ4v) is 1.77. The van der Waals surface area contributed by atoms with Crippen LogP contribution in [0.15, 0.2) is 30.7 Å². The number of hydrogen-bond acceptors (Lipinski definition) is 3. The summed E-state index contributed by atoms with van der Waals surface area (Å²) in [5, 5.41) is 7.77. The first-order valence-electron chi connectivity index (χ1n) is 6.36. The van der Waals surface area contributed by atoms with E-state index in [1.165, 1.54) is 11.1 Å². The van der Waals surface area contributed by atoms with Crippen molar-refractivity contribution in [2.75, 3.05) is 0 Å². The minimum absolute atomic E-state index is 0.298. The zero-order valence-electron chi connectivity index (χ0n) is 11.2. The highest BCUT2D eigenvalue weighted by Crippen LogP contribution is 2.11. The molecule has 4 heteroatoms. The molecule has 0 bridgehead atoms. The van der Waals surface area contributed by atoms with Gasteiger partial charge in [-0.25, -0.2) is 0 Å². The number of hydrogen-bond donors (Lipinski definition) is 1. The van der Waals surface area contributed by atoms with Crippen molar-refractivity contribution >= 4 is 0 Å². The normalized spacial score (nSPS) is 12.6.